The topological polar surface area (TPSA) is 59.0 Å². The molecule has 2 saturated carbocycles. The van der Waals surface area contributed by atoms with E-state index in [0.29, 0.717) is 19.0 Å². The highest BCUT2D eigenvalue weighted by molar-refractivity contribution is 5.81. The summed E-state index contributed by atoms with van der Waals surface area (Å²) in [6, 6.07) is 6.06. The van der Waals surface area contributed by atoms with E-state index in [-0.39, 0.29) is 23.2 Å². The first-order valence-corrected chi connectivity index (χ1v) is 10.2. The highest BCUT2D eigenvalue weighted by Gasteiger charge is 2.50. The molecule has 3 fully saturated rings. The average molecular weight is 373 g/mol. The van der Waals surface area contributed by atoms with Gasteiger partial charge in [-0.15, -0.1) is 0 Å². The smallest absolute Gasteiger partial charge is 0.225 e. The van der Waals surface area contributed by atoms with E-state index >= 15 is 0 Å². The third kappa shape index (κ3) is 3.66. The van der Waals surface area contributed by atoms with Gasteiger partial charge in [0.15, 0.2) is 11.5 Å². The first kappa shape index (κ1) is 18.6. The Balaban J connectivity index is 1.60. The second kappa shape index (κ2) is 7.01. The highest BCUT2D eigenvalue weighted by Crippen LogP contribution is 2.48. The molecule has 5 nitrogen and oxygen atoms in total. The van der Waals surface area contributed by atoms with Crippen molar-refractivity contribution in [3.8, 4) is 11.5 Å². The standard InChI is InChI=1S/C22H31NO4/c1-14(24)22(2)13-23(21(25)16-6-7-16)11-18(22)17-8-9-19(26-3)20(10-17)27-12-15-4-5-15/h8-10,14-16,18,24H,4-7,11-13H2,1-3H3/t14-,18+,22+/m1/s1. The summed E-state index contributed by atoms with van der Waals surface area (Å²) in [6.07, 6.45) is 3.99. The van der Waals surface area contributed by atoms with Gasteiger partial charge >= 0.3 is 0 Å². The van der Waals surface area contributed by atoms with Crippen molar-refractivity contribution in [1.29, 1.82) is 0 Å². The van der Waals surface area contributed by atoms with Gasteiger partial charge in [0.2, 0.25) is 5.91 Å². The number of hydrogen-bond acceptors (Lipinski definition) is 4. The molecule has 5 heteroatoms. The van der Waals surface area contributed by atoms with Crippen LogP contribution in [0.4, 0.5) is 0 Å². The molecule has 1 aromatic carbocycles. The Morgan fingerprint density at radius 3 is 2.63 bits per heavy atom. The lowest BCUT2D eigenvalue weighted by molar-refractivity contribution is -0.132. The third-order valence-electron chi connectivity index (χ3n) is 6.68. The predicted octanol–water partition coefficient (Wildman–Crippen LogP) is 3.21. The van der Waals surface area contributed by atoms with Crippen molar-refractivity contribution in [2.75, 3.05) is 26.8 Å². The predicted molar refractivity (Wildman–Crippen MR) is 103 cm³/mol. The minimum Gasteiger partial charge on any atom is -0.493 e. The Hall–Kier alpha value is -1.75. The van der Waals surface area contributed by atoms with E-state index < -0.39 is 6.10 Å². The van der Waals surface area contributed by atoms with Crippen LogP contribution in [-0.4, -0.2) is 48.8 Å². The summed E-state index contributed by atoms with van der Waals surface area (Å²) in [5, 5.41) is 10.6. The molecule has 0 radical (unpaired) electrons. The second-order valence-corrected chi connectivity index (χ2v) is 8.89. The normalized spacial score (nSPS) is 28.9. The molecule has 1 aliphatic heterocycles. The lowest BCUT2D eigenvalue weighted by Crippen LogP contribution is -2.38. The number of aliphatic hydroxyl groups excluding tert-OH is 1. The minimum absolute atomic E-state index is 0.0781. The largest absolute Gasteiger partial charge is 0.493 e. The molecule has 0 unspecified atom stereocenters. The van der Waals surface area contributed by atoms with Crippen molar-refractivity contribution in [1.82, 2.24) is 4.90 Å². The zero-order valence-corrected chi connectivity index (χ0v) is 16.6. The van der Waals surface area contributed by atoms with Crippen LogP contribution in [0.2, 0.25) is 0 Å². The van der Waals surface area contributed by atoms with Gasteiger partial charge < -0.3 is 19.5 Å². The van der Waals surface area contributed by atoms with E-state index in [4.69, 9.17) is 9.47 Å². The number of carbonyl (C=O) groups is 1. The fraction of sp³-hybridized carbons (Fsp3) is 0.682. The molecule has 0 bridgehead atoms. The number of nitrogens with zero attached hydrogens (tertiary/aromatic N) is 1. The van der Waals surface area contributed by atoms with Crippen LogP contribution in [0.1, 0.15) is 51.0 Å². The van der Waals surface area contributed by atoms with Gasteiger partial charge in [-0.25, -0.2) is 0 Å². The quantitative estimate of drug-likeness (QED) is 0.797. The van der Waals surface area contributed by atoms with Crippen molar-refractivity contribution in [3.05, 3.63) is 23.8 Å². The molecule has 3 aliphatic rings. The fourth-order valence-electron chi connectivity index (χ4n) is 4.20. The molecule has 1 saturated heterocycles. The molecule has 3 atom stereocenters. The summed E-state index contributed by atoms with van der Waals surface area (Å²) in [6.45, 7) is 5.92. The summed E-state index contributed by atoms with van der Waals surface area (Å²) in [5.41, 5.74) is 0.739. The lowest BCUT2D eigenvalue weighted by Gasteiger charge is -2.33. The number of rotatable bonds is 7. The van der Waals surface area contributed by atoms with Gasteiger partial charge in [0, 0.05) is 30.3 Å². The van der Waals surface area contributed by atoms with Gasteiger partial charge in [-0.2, -0.15) is 0 Å². The van der Waals surface area contributed by atoms with Crippen molar-refractivity contribution in [3.63, 3.8) is 0 Å². The summed E-state index contributed by atoms with van der Waals surface area (Å²) in [5.74, 6) is 2.70. The van der Waals surface area contributed by atoms with Gasteiger partial charge in [-0.05, 0) is 56.2 Å². The monoisotopic (exact) mass is 373 g/mol. The van der Waals surface area contributed by atoms with Gasteiger partial charge in [-0.3, -0.25) is 4.79 Å². The maximum Gasteiger partial charge on any atom is 0.225 e. The van der Waals surface area contributed by atoms with E-state index in [1.807, 2.05) is 17.9 Å². The summed E-state index contributed by atoms with van der Waals surface area (Å²) < 4.78 is 11.5. The van der Waals surface area contributed by atoms with Gasteiger partial charge in [0.25, 0.3) is 0 Å². The number of amides is 1. The van der Waals surface area contributed by atoms with Crippen LogP contribution >= 0.6 is 0 Å². The van der Waals surface area contributed by atoms with Gasteiger partial charge in [-0.1, -0.05) is 13.0 Å². The molecular formula is C22H31NO4. The maximum atomic E-state index is 12.6. The summed E-state index contributed by atoms with van der Waals surface area (Å²) >= 11 is 0. The van der Waals surface area contributed by atoms with Crippen molar-refractivity contribution in [2.24, 2.45) is 17.3 Å². The first-order valence-electron chi connectivity index (χ1n) is 10.2. The van der Waals surface area contributed by atoms with Crippen LogP contribution in [0, 0.1) is 17.3 Å². The van der Waals surface area contributed by atoms with Crippen LogP contribution in [0.15, 0.2) is 18.2 Å². The molecule has 0 aromatic heterocycles. The number of likely N-dealkylation sites (tertiary alicyclic amines) is 1. The van der Waals surface area contributed by atoms with E-state index in [0.717, 1.165) is 36.5 Å². The van der Waals surface area contributed by atoms with Crippen molar-refractivity contribution in [2.45, 2.75) is 51.6 Å². The van der Waals surface area contributed by atoms with Gasteiger partial charge in [0.1, 0.15) is 0 Å². The summed E-state index contributed by atoms with van der Waals surface area (Å²) in [7, 11) is 1.66. The number of methoxy groups -OCH3 is 1. The molecular weight excluding hydrogens is 342 g/mol. The Morgan fingerprint density at radius 2 is 2.04 bits per heavy atom. The Kier molecular flexibility index (Phi) is 4.83. The molecule has 2 aliphatic carbocycles. The molecule has 1 aromatic rings. The molecule has 4 rings (SSSR count). The van der Waals surface area contributed by atoms with Crippen LogP contribution in [0.3, 0.4) is 0 Å². The lowest BCUT2D eigenvalue weighted by atomic mass is 9.72. The SMILES string of the molecule is COc1ccc([C@@H]2CN(C(=O)C3CC3)C[C@@]2(C)[C@@H](C)O)cc1OCC1CC1. The van der Waals surface area contributed by atoms with Crippen LogP contribution in [0.25, 0.3) is 0 Å². The van der Waals surface area contributed by atoms with E-state index in [1.54, 1.807) is 7.11 Å². The molecule has 148 valence electrons. The zero-order valence-electron chi connectivity index (χ0n) is 16.6. The summed E-state index contributed by atoms with van der Waals surface area (Å²) in [4.78, 5) is 14.6. The highest BCUT2D eigenvalue weighted by atomic mass is 16.5. The fourth-order valence-corrected chi connectivity index (χ4v) is 4.20. The molecule has 27 heavy (non-hydrogen) atoms. The Bertz CT molecular complexity index is 710. The average Bonchev–Trinajstić information content (AvgIpc) is 3.57. The second-order valence-electron chi connectivity index (χ2n) is 8.89. The van der Waals surface area contributed by atoms with Crippen LogP contribution in [0.5, 0.6) is 11.5 Å². The minimum atomic E-state index is -0.502. The number of ether oxygens (including phenoxy) is 2. The number of carbonyl (C=O) groups excluding carboxylic acids is 1. The van der Waals surface area contributed by atoms with E-state index in [9.17, 15) is 9.90 Å². The number of hydrogen-bond donors (Lipinski definition) is 1. The van der Waals surface area contributed by atoms with Gasteiger partial charge in [0.05, 0.1) is 19.8 Å². The third-order valence-corrected chi connectivity index (χ3v) is 6.68. The van der Waals surface area contributed by atoms with E-state index in [1.165, 1.54) is 12.8 Å². The van der Waals surface area contributed by atoms with Crippen molar-refractivity contribution < 1.29 is 19.4 Å². The first-order chi connectivity index (χ1) is 12.9. The Labute approximate surface area is 161 Å². The molecule has 1 N–H and O–H groups in total. The Morgan fingerprint density at radius 1 is 1.30 bits per heavy atom. The molecule has 0 spiro atoms. The number of benzene rings is 1. The molecule has 1 amide bonds. The molecule has 1 heterocycles. The number of aliphatic hydroxyl groups is 1. The maximum absolute atomic E-state index is 12.6. The van der Waals surface area contributed by atoms with Crippen molar-refractivity contribution >= 4 is 5.91 Å². The zero-order chi connectivity index (χ0) is 19.2. The van der Waals surface area contributed by atoms with E-state index in [2.05, 4.69) is 19.1 Å². The van der Waals surface area contributed by atoms with Crippen LogP contribution in [-0.2, 0) is 4.79 Å². The van der Waals surface area contributed by atoms with Crippen LogP contribution < -0.4 is 9.47 Å².